The van der Waals surface area contributed by atoms with E-state index in [0.29, 0.717) is 0 Å². The second kappa shape index (κ2) is 10.4. The van der Waals surface area contributed by atoms with Gasteiger partial charge in [0, 0.05) is 32.6 Å². The minimum Gasteiger partial charge on any atom is -0.469 e. The molecule has 0 aliphatic carbocycles. The average Bonchev–Trinajstić information content (AvgIpc) is 3.28. The topological polar surface area (TPSA) is 40.8 Å². The standard InChI is InChI=1S/C19H25N3O.HI/c1-2-7-17(8-3-1)10-12-20-19(22-14-4-5-15-22)21-13-11-18-9-6-16-23-18;/h1-3,6-9,16H,4-5,10-15H2,(H,20,21);1H. The van der Waals surface area contributed by atoms with E-state index in [1.54, 1.807) is 6.26 Å². The van der Waals surface area contributed by atoms with Crippen molar-refractivity contribution in [2.75, 3.05) is 26.2 Å². The molecule has 1 aromatic carbocycles. The van der Waals surface area contributed by atoms with E-state index in [4.69, 9.17) is 9.41 Å². The Kier molecular flexibility index (Phi) is 8.15. The summed E-state index contributed by atoms with van der Waals surface area (Å²) in [5.41, 5.74) is 1.36. The molecule has 1 aliphatic heterocycles. The van der Waals surface area contributed by atoms with Crippen LogP contribution in [0.2, 0.25) is 0 Å². The Balaban J connectivity index is 0.00000208. The lowest BCUT2D eigenvalue weighted by Gasteiger charge is -2.21. The second-order valence-electron chi connectivity index (χ2n) is 5.89. The van der Waals surface area contributed by atoms with Crippen molar-refractivity contribution < 1.29 is 4.42 Å². The molecule has 1 saturated heterocycles. The van der Waals surface area contributed by atoms with Gasteiger partial charge in [-0.25, -0.2) is 0 Å². The molecule has 4 nitrogen and oxygen atoms in total. The highest BCUT2D eigenvalue weighted by atomic mass is 127. The van der Waals surface area contributed by atoms with Gasteiger partial charge in [0.15, 0.2) is 5.96 Å². The van der Waals surface area contributed by atoms with Crippen LogP contribution < -0.4 is 5.32 Å². The van der Waals surface area contributed by atoms with E-state index in [1.165, 1.54) is 18.4 Å². The Morgan fingerprint density at radius 2 is 1.83 bits per heavy atom. The first kappa shape index (κ1) is 18.8. The van der Waals surface area contributed by atoms with Crippen molar-refractivity contribution in [3.05, 3.63) is 60.1 Å². The highest BCUT2D eigenvalue weighted by Crippen LogP contribution is 2.08. The molecule has 24 heavy (non-hydrogen) atoms. The zero-order valence-corrected chi connectivity index (χ0v) is 16.3. The molecular formula is C19H26IN3O. The van der Waals surface area contributed by atoms with Crippen molar-refractivity contribution >= 4 is 29.9 Å². The fourth-order valence-corrected chi connectivity index (χ4v) is 2.89. The van der Waals surface area contributed by atoms with E-state index in [0.717, 1.165) is 50.7 Å². The fourth-order valence-electron chi connectivity index (χ4n) is 2.89. The molecule has 2 aromatic rings. The van der Waals surface area contributed by atoms with Gasteiger partial charge < -0.3 is 14.6 Å². The molecule has 0 amide bonds. The van der Waals surface area contributed by atoms with Gasteiger partial charge in [0.2, 0.25) is 0 Å². The number of likely N-dealkylation sites (tertiary alicyclic amines) is 1. The zero-order chi connectivity index (χ0) is 15.7. The van der Waals surface area contributed by atoms with Gasteiger partial charge in [-0.1, -0.05) is 30.3 Å². The lowest BCUT2D eigenvalue weighted by Crippen LogP contribution is -2.40. The first-order valence-electron chi connectivity index (χ1n) is 8.51. The van der Waals surface area contributed by atoms with Crippen LogP contribution in [0.3, 0.4) is 0 Å². The third-order valence-corrected chi connectivity index (χ3v) is 4.15. The number of nitrogens with one attached hydrogen (secondary N) is 1. The van der Waals surface area contributed by atoms with Crippen LogP contribution in [0.15, 0.2) is 58.1 Å². The maximum absolute atomic E-state index is 5.38. The summed E-state index contributed by atoms with van der Waals surface area (Å²) < 4.78 is 5.38. The molecular weight excluding hydrogens is 413 g/mol. The molecule has 3 rings (SSSR count). The molecule has 0 radical (unpaired) electrons. The van der Waals surface area contributed by atoms with Crippen LogP contribution in [0.1, 0.15) is 24.2 Å². The van der Waals surface area contributed by atoms with Crippen molar-refractivity contribution in [1.82, 2.24) is 10.2 Å². The zero-order valence-electron chi connectivity index (χ0n) is 14.0. The summed E-state index contributed by atoms with van der Waals surface area (Å²) in [6, 6.07) is 14.5. The smallest absolute Gasteiger partial charge is 0.193 e. The van der Waals surface area contributed by atoms with Crippen molar-refractivity contribution in [3.63, 3.8) is 0 Å². The molecule has 0 unspecified atom stereocenters. The van der Waals surface area contributed by atoms with Crippen LogP contribution in [0.4, 0.5) is 0 Å². The summed E-state index contributed by atoms with van der Waals surface area (Å²) in [4.78, 5) is 7.15. The van der Waals surface area contributed by atoms with Gasteiger partial charge in [-0.2, -0.15) is 0 Å². The molecule has 130 valence electrons. The van der Waals surface area contributed by atoms with Crippen LogP contribution in [-0.4, -0.2) is 37.0 Å². The minimum absolute atomic E-state index is 0. The Hall–Kier alpha value is -1.50. The molecule has 0 bridgehead atoms. The summed E-state index contributed by atoms with van der Waals surface area (Å²) in [6.45, 7) is 3.90. The third-order valence-electron chi connectivity index (χ3n) is 4.15. The van der Waals surface area contributed by atoms with Crippen molar-refractivity contribution in [2.45, 2.75) is 25.7 Å². The maximum atomic E-state index is 5.38. The van der Waals surface area contributed by atoms with Gasteiger partial charge in [0.25, 0.3) is 0 Å². The van der Waals surface area contributed by atoms with Crippen molar-refractivity contribution in [1.29, 1.82) is 0 Å². The number of guanidine groups is 1. The lowest BCUT2D eigenvalue weighted by molar-refractivity contribution is 0.487. The fraction of sp³-hybridized carbons (Fsp3) is 0.421. The first-order valence-corrected chi connectivity index (χ1v) is 8.51. The summed E-state index contributed by atoms with van der Waals surface area (Å²) in [7, 11) is 0. The minimum atomic E-state index is 0. The SMILES string of the molecule is I.c1ccc(CCNC(=NCCc2ccco2)N2CCCC2)cc1. The van der Waals surface area contributed by atoms with E-state index in [-0.39, 0.29) is 24.0 Å². The number of hydrogen-bond donors (Lipinski definition) is 1. The number of halogens is 1. The molecule has 1 aliphatic rings. The molecule has 0 atom stereocenters. The maximum Gasteiger partial charge on any atom is 0.193 e. The van der Waals surface area contributed by atoms with Gasteiger partial charge in [-0.05, 0) is 37.0 Å². The molecule has 5 heteroatoms. The molecule has 0 saturated carbocycles. The number of hydrogen-bond acceptors (Lipinski definition) is 2. The number of benzene rings is 1. The third kappa shape index (κ3) is 5.85. The van der Waals surface area contributed by atoms with Gasteiger partial charge in [-0.15, -0.1) is 24.0 Å². The van der Waals surface area contributed by atoms with Gasteiger partial charge >= 0.3 is 0 Å². The van der Waals surface area contributed by atoms with Crippen molar-refractivity contribution in [2.24, 2.45) is 4.99 Å². The summed E-state index contributed by atoms with van der Waals surface area (Å²) in [5.74, 6) is 2.05. The number of furan rings is 1. The first-order chi connectivity index (χ1) is 11.4. The van der Waals surface area contributed by atoms with Crippen LogP contribution in [0.5, 0.6) is 0 Å². The van der Waals surface area contributed by atoms with Gasteiger partial charge in [0.1, 0.15) is 5.76 Å². The van der Waals surface area contributed by atoms with E-state index in [9.17, 15) is 0 Å². The Morgan fingerprint density at radius 3 is 2.54 bits per heavy atom. The summed E-state index contributed by atoms with van der Waals surface area (Å²) in [5, 5.41) is 3.54. The molecule has 0 spiro atoms. The van der Waals surface area contributed by atoms with E-state index in [2.05, 4.69) is 40.5 Å². The Labute approximate surface area is 161 Å². The highest BCUT2D eigenvalue weighted by molar-refractivity contribution is 14.0. The number of nitrogens with zero attached hydrogens (tertiary/aromatic N) is 2. The predicted molar refractivity (Wildman–Crippen MR) is 109 cm³/mol. The van der Waals surface area contributed by atoms with Crippen LogP contribution >= 0.6 is 24.0 Å². The van der Waals surface area contributed by atoms with Crippen molar-refractivity contribution in [3.8, 4) is 0 Å². The molecule has 1 N–H and O–H groups in total. The molecule has 1 aromatic heterocycles. The number of rotatable bonds is 6. The average molecular weight is 439 g/mol. The summed E-state index contributed by atoms with van der Waals surface area (Å²) in [6.07, 6.45) is 6.12. The van der Waals surface area contributed by atoms with E-state index < -0.39 is 0 Å². The van der Waals surface area contributed by atoms with E-state index in [1.807, 2.05) is 12.1 Å². The van der Waals surface area contributed by atoms with Crippen LogP contribution in [0, 0.1) is 0 Å². The van der Waals surface area contributed by atoms with Crippen LogP contribution in [0.25, 0.3) is 0 Å². The monoisotopic (exact) mass is 439 g/mol. The number of aliphatic imine (C=N–C) groups is 1. The Morgan fingerprint density at radius 1 is 1.04 bits per heavy atom. The van der Waals surface area contributed by atoms with Crippen LogP contribution in [-0.2, 0) is 12.8 Å². The Bertz CT molecular complexity index is 592. The lowest BCUT2D eigenvalue weighted by atomic mass is 10.1. The van der Waals surface area contributed by atoms with Gasteiger partial charge in [-0.3, -0.25) is 4.99 Å². The quantitative estimate of drug-likeness (QED) is 0.424. The largest absolute Gasteiger partial charge is 0.469 e. The molecule has 2 heterocycles. The normalized spacial score (nSPS) is 14.5. The second-order valence-corrected chi connectivity index (χ2v) is 5.89. The summed E-state index contributed by atoms with van der Waals surface area (Å²) >= 11 is 0. The predicted octanol–water partition coefficient (Wildman–Crippen LogP) is 3.72. The van der Waals surface area contributed by atoms with Gasteiger partial charge in [0.05, 0.1) is 6.26 Å². The molecule has 1 fully saturated rings. The van der Waals surface area contributed by atoms with E-state index >= 15 is 0 Å². The highest BCUT2D eigenvalue weighted by Gasteiger charge is 2.15.